The summed E-state index contributed by atoms with van der Waals surface area (Å²) >= 11 is 0. The van der Waals surface area contributed by atoms with Crippen molar-refractivity contribution in [1.29, 1.82) is 5.41 Å². The molecule has 0 aromatic carbocycles. The Bertz CT molecular complexity index is 143. The lowest BCUT2D eigenvalue weighted by Gasteiger charge is -2.01. The third-order valence-corrected chi connectivity index (χ3v) is 1.22. The van der Waals surface area contributed by atoms with E-state index < -0.39 is 0 Å². The molecular formula is C8H16N2O. The van der Waals surface area contributed by atoms with Gasteiger partial charge in [-0.1, -0.05) is 6.92 Å². The Hall–Kier alpha value is -0.700. The van der Waals surface area contributed by atoms with Crippen LogP contribution in [0.3, 0.4) is 0 Å². The summed E-state index contributed by atoms with van der Waals surface area (Å²) in [6.07, 6.45) is 2.56. The number of hydrogen-bond acceptors (Lipinski definition) is 3. The fourth-order valence-corrected chi connectivity index (χ4v) is 0.848. The van der Waals surface area contributed by atoms with Gasteiger partial charge in [-0.05, 0) is 19.3 Å². The van der Waals surface area contributed by atoms with Gasteiger partial charge in [0.2, 0.25) is 0 Å². The number of aliphatic hydroxyl groups excluding tert-OH is 1. The van der Waals surface area contributed by atoms with E-state index in [1.807, 2.05) is 6.92 Å². The number of aliphatic imine (C=N–C) groups is 1. The van der Waals surface area contributed by atoms with Crippen molar-refractivity contribution in [3.8, 4) is 0 Å². The van der Waals surface area contributed by atoms with E-state index in [0.717, 1.165) is 6.42 Å². The standard InChI is InChI=1S/C8H16N2O/c1-7(5-8(2)9)6-10-3-4-11/h6-7,9,11H,3-5H2,1-2H3. The molecule has 0 heterocycles. The third kappa shape index (κ3) is 7.19. The zero-order chi connectivity index (χ0) is 8.69. The second-order valence-corrected chi connectivity index (χ2v) is 2.74. The second-order valence-electron chi connectivity index (χ2n) is 2.74. The Morgan fingerprint density at radius 1 is 1.73 bits per heavy atom. The Kier molecular flexibility index (Phi) is 5.65. The molecular weight excluding hydrogens is 140 g/mol. The molecule has 1 unspecified atom stereocenters. The molecule has 11 heavy (non-hydrogen) atoms. The molecule has 0 rings (SSSR count). The molecule has 0 fully saturated rings. The predicted octanol–water partition coefficient (Wildman–Crippen LogP) is 1.12. The SMILES string of the molecule is CC(=N)CC(C)C=NCCO. The topological polar surface area (TPSA) is 56.4 Å². The van der Waals surface area contributed by atoms with Crippen LogP contribution in [0.2, 0.25) is 0 Å². The van der Waals surface area contributed by atoms with Crippen molar-refractivity contribution >= 4 is 11.9 Å². The maximum Gasteiger partial charge on any atom is 0.0626 e. The monoisotopic (exact) mass is 156 g/mol. The fraction of sp³-hybridized carbons (Fsp3) is 0.750. The van der Waals surface area contributed by atoms with Crippen molar-refractivity contribution in [1.82, 2.24) is 0 Å². The molecule has 0 aliphatic heterocycles. The predicted molar refractivity (Wildman–Crippen MR) is 47.6 cm³/mol. The molecule has 0 saturated carbocycles. The van der Waals surface area contributed by atoms with Crippen LogP contribution in [-0.2, 0) is 0 Å². The summed E-state index contributed by atoms with van der Waals surface area (Å²) in [6.45, 7) is 4.38. The van der Waals surface area contributed by atoms with Crippen LogP contribution in [0.5, 0.6) is 0 Å². The van der Waals surface area contributed by atoms with Gasteiger partial charge in [-0.15, -0.1) is 0 Å². The van der Waals surface area contributed by atoms with Gasteiger partial charge in [-0.2, -0.15) is 0 Å². The van der Waals surface area contributed by atoms with Crippen LogP contribution in [0, 0.1) is 11.3 Å². The van der Waals surface area contributed by atoms with Crippen LogP contribution < -0.4 is 0 Å². The number of rotatable bonds is 5. The minimum absolute atomic E-state index is 0.104. The average Bonchev–Trinajstić information content (AvgIpc) is 1.86. The molecule has 3 heteroatoms. The van der Waals surface area contributed by atoms with Gasteiger partial charge in [-0.3, -0.25) is 4.99 Å². The van der Waals surface area contributed by atoms with E-state index >= 15 is 0 Å². The zero-order valence-corrected chi connectivity index (χ0v) is 7.17. The first kappa shape index (κ1) is 10.3. The molecule has 0 aliphatic rings. The fourth-order valence-electron chi connectivity index (χ4n) is 0.848. The first-order chi connectivity index (χ1) is 5.16. The maximum atomic E-state index is 8.41. The van der Waals surface area contributed by atoms with Crippen LogP contribution in [0.4, 0.5) is 0 Å². The zero-order valence-electron chi connectivity index (χ0n) is 7.17. The van der Waals surface area contributed by atoms with Crippen LogP contribution in [0.25, 0.3) is 0 Å². The van der Waals surface area contributed by atoms with Gasteiger partial charge in [0.1, 0.15) is 0 Å². The lowest BCUT2D eigenvalue weighted by Crippen LogP contribution is -2.03. The summed E-state index contributed by atoms with van der Waals surface area (Å²) in [5.74, 6) is 0.319. The van der Waals surface area contributed by atoms with E-state index in [0.29, 0.717) is 18.2 Å². The molecule has 0 aliphatic carbocycles. The molecule has 2 N–H and O–H groups in total. The summed E-state index contributed by atoms with van der Waals surface area (Å²) < 4.78 is 0. The molecule has 0 spiro atoms. The van der Waals surface area contributed by atoms with E-state index in [1.165, 1.54) is 0 Å². The second kappa shape index (κ2) is 6.04. The summed E-state index contributed by atoms with van der Waals surface area (Å²) in [6, 6.07) is 0. The van der Waals surface area contributed by atoms with E-state index in [2.05, 4.69) is 4.99 Å². The molecule has 1 atom stereocenters. The molecule has 3 nitrogen and oxygen atoms in total. The van der Waals surface area contributed by atoms with Crippen molar-refractivity contribution < 1.29 is 5.11 Å². The highest BCUT2D eigenvalue weighted by Crippen LogP contribution is 1.98. The minimum atomic E-state index is 0.104. The Labute approximate surface area is 67.7 Å². The van der Waals surface area contributed by atoms with Gasteiger partial charge >= 0.3 is 0 Å². The summed E-state index contributed by atoms with van der Waals surface area (Å²) in [7, 11) is 0. The third-order valence-electron chi connectivity index (χ3n) is 1.22. The van der Waals surface area contributed by atoms with Gasteiger partial charge in [0, 0.05) is 11.9 Å². The number of hydrogen-bond donors (Lipinski definition) is 2. The van der Waals surface area contributed by atoms with Gasteiger partial charge < -0.3 is 10.5 Å². The molecule has 0 radical (unpaired) electrons. The van der Waals surface area contributed by atoms with Crippen molar-refractivity contribution in [2.45, 2.75) is 20.3 Å². The van der Waals surface area contributed by atoms with Crippen molar-refractivity contribution in [2.75, 3.05) is 13.2 Å². The smallest absolute Gasteiger partial charge is 0.0626 e. The Morgan fingerprint density at radius 3 is 2.82 bits per heavy atom. The Morgan fingerprint density at radius 2 is 2.36 bits per heavy atom. The highest BCUT2D eigenvalue weighted by molar-refractivity contribution is 5.81. The van der Waals surface area contributed by atoms with Gasteiger partial charge in [0.25, 0.3) is 0 Å². The highest BCUT2D eigenvalue weighted by atomic mass is 16.3. The van der Waals surface area contributed by atoms with Crippen LogP contribution >= 0.6 is 0 Å². The molecule has 0 amide bonds. The van der Waals surface area contributed by atoms with Crippen LogP contribution in [0.1, 0.15) is 20.3 Å². The van der Waals surface area contributed by atoms with E-state index in [-0.39, 0.29) is 6.61 Å². The van der Waals surface area contributed by atoms with Crippen molar-refractivity contribution in [3.63, 3.8) is 0 Å². The maximum absolute atomic E-state index is 8.41. The summed E-state index contributed by atoms with van der Waals surface area (Å²) in [5.41, 5.74) is 0.674. The molecule has 0 aromatic rings. The van der Waals surface area contributed by atoms with E-state index in [1.54, 1.807) is 13.1 Å². The quantitative estimate of drug-likeness (QED) is 0.576. The van der Waals surface area contributed by atoms with Gasteiger partial charge in [0.05, 0.1) is 13.2 Å². The lowest BCUT2D eigenvalue weighted by molar-refractivity contribution is 0.307. The highest BCUT2D eigenvalue weighted by Gasteiger charge is 1.97. The van der Waals surface area contributed by atoms with Crippen LogP contribution in [-0.4, -0.2) is 30.2 Å². The molecule has 64 valence electrons. The number of aliphatic hydroxyl groups is 1. The molecule has 0 aromatic heterocycles. The number of nitrogens with zero attached hydrogens (tertiary/aromatic N) is 1. The minimum Gasteiger partial charge on any atom is -0.394 e. The average molecular weight is 156 g/mol. The first-order valence-electron chi connectivity index (χ1n) is 3.81. The van der Waals surface area contributed by atoms with E-state index in [4.69, 9.17) is 10.5 Å². The first-order valence-corrected chi connectivity index (χ1v) is 3.81. The van der Waals surface area contributed by atoms with Crippen molar-refractivity contribution in [3.05, 3.63) is 0 Å². The molecule has 0 bridgehead atoms. The normalized spacial score (nSPS) is 13.7. The lowest BCUT2D eigenvalue weighted by atomic mass is 10.1. The van der Waals surface area contributed by atoms with Crippen LogP contribution in [0.15, 0.2) is 4.99 Å². The number of nitrogens with one attached hydrogen (secondary N) is 1. The Balaban J connectivity index is 3.50. The largest absolute Gasteiger partial charge is 0.394 e. The summed E-state index contributed by atoms with van der Waals surface area (Å²) in [4.78, 5) is 3.97. The molecule has 0 saturated heterocycles. The van der Waals surface area contributed by atoms with Crippen molar-refractivity contribution in [2.24, 2.45) is 10.9 Å². The van der Waals surface area contributed by atoms with Gasteiger partial charge in [-0.25, -0.2) is 0 Å². The van der Waals surface area contributed by atoms with Gasteiger partial charge in [0.15, 0.2) is 0 Å². The summed E-state index contributed by atoms with van der Waals surface area (Å²) in [5, 5.41) is 15.6. The van der Waals surface area contributed by atoms with E-state index in [9.17, 15) is 0 Å².